The number of hydrogen-bond donors (Lipinski definition) is 1. The number of hydrogen-bond acceptors (Lipinski definition) is 2. The average molecular weight is 146 g/mol. The molecule has 0 saturated carbocycles. The van der Waals surface area contributed by atoms with Crippen LogP contribution in [0.25, 0.3) is 0 Å². The SMILES string of the molecule is COCCCO.[Fe]. The van der Waals surface area contributed by atoms with Crippen LogP contribution in [0.15, 0.2) is 0 Å². The summed E-state index contributed by atoms with van der Waals surface area (Å²) in [5, 5.41) is 8.12. The van der Waals surface area contributed by atoms with Crippen LogP contribution in [0, 0.1) is 0 Å². The topological polar surface area (TPSA) is 29.5 Å². The van der Waals surface area contributed by atoms with Gasteiger partial charge in [-0.2, -0.15) is 0 Å². The third-order valence-electron chi connectivity index (χ3n) is 0.507. The molecule has 3 heteroatoms. The van der Waals surface area contributed by atoms with Crippen molar-refractivity contribution < 1.29 is 26.9 Å². The fourth-order valence-electron chi connectivity index (χ4n) is 0.209. The Morgan fingerprint density at radius 2 is 2.14 bits per heavy atom. The van der Waals surface area contributed by atoms with Gasteiger partial charge in [0.1, 0.15) is 0 Å². The Kier molecular flexibility index (Phi) is 14.4. The summed E-state index contributed by atoms with van der Waals surface area (Å²) in [6, 6.07) is 0. The first-order chi connectivity index (χ1) is 2.91. The molecule has 0 saturated heterocycles. The maximum absolute atomic E-state index is 8.12. The first-order valence-electron chi connectivity index (χ1n) is 2.01. The molecule has 0 spiro atoms. The molecule has 2 nitrogen and oxygen atoms in total. The molecule has 0 amide bonds. The van der Waals surface area contributed by atoms with Crippen molar-refractivity contribution in [2.45, 2.75) is 6.42 Å². The summed E-state index contributed by atoms with van der Waals surface area (Å²) >= 11 is 0. The molecule has 7 heavy (non-hydrogen) atoms. The minimum Gasteiger partial charge on any atom is -0.396 e. The minimum absolute atomic E-state index is 0. The second kappa shape index (κ2) is 9.67. The number of methoxy groups -OCH3 is 1. The molecule has 0 unspecified atom stereocenters. The van der Waals surface area contributed by atoms with Gasteiger partial charge in [-0.3, -0.25) is 0 Å². The van der Waals surface area contributed by atoms with Gasteiger partial charge in [-0.15, -0.1) is 0 Å². The molecule has 0 fully saturated rings. The Morgan fingerprint density at radius 1 is 1.57 bits per heavy atom. The normalized spacial score (nSPS) is 7.71. The summed E-state index contributed by atoms with van der Waals surface area (Å²) in [5.41, 5.74) is 0. The molecule has 0 aromatic heterocycles. The van der Waals surface area contributed by atoms with Gasteiger partial charge in [0.25, 0.3) is 0 Å². The van der Waals surface area contributed by atoms with E-state index in [4.69, 9.17) is 5.11 Å². The van der Waals surface area contributed by atoms with Crippen LogP contribution < -0.4 is 0 Å². The molecule has 0 rings (SSSR count). The van der Waals surface area contributed by atoms with E-state index in [9.17, 15) is 0 Å². The van der Waals surface area contributed by atoms with Gasteiger partial charge >= 0.3 is 0 Å². The molecule has 0 heterocycles. The average Bonchev–Trinajstić information content (AvgIpc) is 1.61. The number of rotatable bonds is 3. The largest absolute Gasteiger partial charge is 0.396 e. The van der Waals surface area contributed by atoms with Crippen molar-refractivity contribution in [3.8, 4) is 0 Å². The summed E-state index contributed by atoms with van der Waals surface area (Å²) < 4.78 is 4.62. The molecule has 0 aliphatic carbocycles. The van der Waals surface area contributed by atoms with E-state index in [1.807, 2.05) is 0 Å². The van der Waals surface area contributed by atoms with Crippen molar-refractivity contribution in [3.63, 3.8) is 0 Å². The van der Waals surface area contributed by atoms with Crippen LogP contribution in [0.4, 0.5) is 0 Å². The Morgan fingerprint density at radius 3 is 2.29 bits per heavy atom. The third kappa shape index (κ3) is 10.7. The van der Waals surface area contributed by atoms with Gasteiger partial charge in [0.15, 0.2) is 0 Å². The van der Waals surface area contributed by atoms with Gasteiger partial charge in [-0.25, -0.2) is 0 Å². The van der Waals surface area contributed by atoms with E-state index in [1.54, 1.807) is 7.11 Å². The molecule has 0 aromatic carbocycles. The Bertz CT molecular complexity index is 21.7. The molecule has 0 aliphatic rings. The van der Waals surface area contributed by atoms with Gasteiger partial charge < -0.3 is 9.84 Å². The van der Waals surface area contributed by atoms with E-state index < -0.39 is 0 Å². The maximum atomic E-state index is 8.12. The van der Waals surface area contributed by atoms with Crippen molar-refractivity contribution in [2.24, 2.45) is 0 Å². The second-order valence-corrected chi connectivity index (χ2v) is 1.07. The van der Waals surface area contributed by atoms with E-state index in [0.717, 1.165) is 6.42 Å². The van der Waals surface area contributed by atoms with Crippen LogP contribution in [0.5, 0.6) is 0 Å². The van der Waals surface area contributed by atoms with E-state index in [2.05, 4.69) is 4.74 Å². The van der Waals surface area contributed by atoms with Gasteiger partial charge in [-0.05, 0) is 6.42 Å². The van der Waals surface area contributed by atoms with E-state index in [-0.39, 0.29) is 23.7 Å². The Balaban J connectivity index is 0. The first-order valence-corrected chi connectivity index (χ1v) is 2.01. The van der Waals surface area contributed by atoms with Gasteiger partial charge in [0.05, 0.1) is 0 Å². The van der Waals surface area contributed by atoms with Crippen molar-refractivity contribution in [3.05, 3.63) is 0 Å². The van der Waals surface area contributed by atoms with E-state index >= 15 is 0 Å². The van der Waals surface area contributed by atoms with Gasteiger partial charge in [0.2, 0.25) is 0 Å². The minimum atomic E-state index is 0. The summed E-state index contributed by atoms with van der Waals surface area (Å²) in [7, 11) is 1.62. The standard InChI is InChI=1S/C4H10O2.Fe/c1-6-4-2-3-5;/h5H,2-4H2,1H3;. The summed E-state index contributed by atoms with van der Waals surface area (Å²) in [5.74, 6) is 0. The van der Waals surface area contributed by atoms with Crippen molar-refractivity contribution in [1.82, 2.24) is 0 Å². The molecule has 0 bridgehead atoms. The molecular formula is C4H10FeO2. The summed E-state index contributed by atoms with van der Waals surface area (Å²) in [6.45, 7) is 0.893. The molecule has 46 valence electrons. The number of ether oxygens (including phenoxy) is 1. The van der Waals surface area contributed by atoms with Crippen LogP contribution >= 0.6 is 0 Å². The predicted octanol–water partition coefficient (Wildman–Crippen LogP) is 0.0127. The predicted molar refractivity (Wildman–Crippen MR) is 23.6 cm³/mol. The zero-order valence-corrected chi connectivity index (χ0v) is 5.43. The van der Waals surface area contributed by atoms with Crippen LogP contribution in [-0.2, 0) is 21.8 Å². The molecule has 0 radical (unpaired) electrons. The van der Waals surface area contributed by atoms with Crippen LogP contribution in [0.2, 0.25) is 0 Å². The zero-order valence-electron chi connectivity index (χ0n) is 4.33. The van der Waals surface area contributed by atoms with Crippen LogP contribution in [0.3, 0.4) is 0 Å². The number of aliphatic hydroxyl groups is 1. The smallest absolute Gasteiger partial charge is 0.0484 e. The fraction of sp³-hybridized carbons (Fsp3) is 1.00. The quantitative estimate of drug-likeness (QED) is 0.449. The van der Waals surface area contributed by atoms with Crippen molar-refractivity contribution >= 4 is 0 Å². The van der Waals surface area contributed by atoms with Crippen molar-refractivity contribution in [1.29, 1.82) is 0 Å². The molecule has 0 aromatic rings. The fourth-order valence-corrected chi connectivity index (χ4v) is 0.209. The van der Waals surface area contributed by atoms with E-state index in [0.29, 0.717) is 6.61 Å². The first kappa shape index (κ1) is 10.4. The summed E-state index contributed by atoms with van der Waals surface area (Å²) in [4.78, 5) is 0. The summed E-state index contributed by atoms with van der Waals surface area (Å²) in [6.07, 6.45) is 0.747. The number of aliphatic hydroxyl groups excluding tert-OH is 1. The molecule has 0 aliphatic heterocycles. The maximum Gasteiger partial charge on any atom is 0.0484 e. The van der Waals surface area contributed by atoms with Crippen LogP contribution in [0.1, 0.15) is 6.42 Å². The third-order valence-corrected chi connectivity index (χ3v) is 0.507. The monoisotopic (exact) mass is 146 g/mol. The van der Waals surface area contributed by atoms with Gasteiger partial charge in [-0.1, -0.05) is 0 Å². The van der Waals surface area contributed by atoms with Gasteiger partial charge in [0, 0.05) is 37.4 Å². The van der Waals surface area contributed by atoms with Crippen molar-refractivity contribution in [2.75, 3.05) is 20.3 Å². The Hall–Kier alpha value is 0.439. The molecule has 1 N–H and O–H groups in total. The second-order valence-electron chi connectivity index (χ2n) is 1.07. The molecular weight excluding hydrogens is 136 g/mol. The van der Waals surface area contributed by atoms with Crippen LogP contribution in [-0.4, -0.2) is 25.4 Å². The van der Waals surface area contributed by atoms with E-state index in [1.165, 1.54) is 0 Å². The molecule has 0 atom stereocenters. The Labute approximate surface area is 54.3 Å². The zero-order chi connectivity index (χ0) is 4.83.